The van der Waals surface area contributed by atoms with Crippen molar-refractivity contribution < 1.29 is 19.4 Å². The van der Waals surface area contributed by atoms with Gasteiger partial charge in [-0.3, -0.25) is 9.59 Å². The maximum Gasteiger partial charge on any atom is 0.307 e. The molecule has 4 nitrogen and oxygen atoms in total. The standard InChI is InChI=1S/C13H22O4/c1-6-7-9(2)10(12(15)16)8-11(14)17-13(3,4)5/h6,9-10H,1,7-8H2,2-5H3,(H,15,16)/t9-,10+/m0/s1. The summed E-state index contributed by atoms with van der Waals surface area (Å²) < 4.78 is 5.12. The number of carbonyl (C=O) groups excluding carboxylic acids is 1. The number of hydrogen-bond acceptors (Lipinski definition) is 3. The summed E-state index contributed by atoms with van der Waals surface area (Å²) >= 11 is 0. The third kappa shape index (κ3) is 6.76. The van der Waals surface area contributed by atoms with Crippen LogP contribution in [0.2, 0.25) is 0 Å². The van der Waals surface area contributed by atoms with E-state index in [0.717, 1.165) is 0 Å². The first-order valence-electron chi connectivity index (χ1n) is 5.73. The highest BCUT2D eigenvalue weighted by Crippen LogP contribution is 2.22. The Morgan fingerprint density at radius 2 is 1.94 bits per heavy atom. The van der Waals surface area contributed by atoms with Crippen LogP contribution in [-0.2, 0) is 14.3 Å². The van der Waals surface area contributed by atoms with Gasteiger partial charge < -0.3 is 9.84 Å². The molecule has 0 aromatic rings. The third-order valence-electron chi connectivity index (χ3n) is 2.35. The first-order valence-corrected chi connectivity index (χ1v) is 5.73. The van der Waals surface area contributed by atoms with Gasteiger partial charge in [-0.1, -0.05) is 13.0 Å². The zero-order valence-corrected chi connectivity index (χ0v) is 11.0. The maximum absolute atomic E-state index is 11.6. The Labute approximate surface area is 103 Å². The second-order valence-electron chi connectivity index (χ2n) is 5.24. The molecule has 0 amide bonds. The maximum atomic E-state index is 11.6. The largest absolute Gasteiger partial charge is 0.481 e. The average Bonchev–Trinajstić information content (AvgIpc) is 2.11. The highest BCUT2D eigenvalue weighted by atomic mass is 16.6. The SMILES string of the molecule is C=CC[C@H](C)[C@@H](CC(=O)OC(C)(C)C)C(=O)O. The van der Waals surface area contributed by atoms with Crippen LogP contribution in [0.3, 0.4) is 0 Å². The van der Waals surface area contributed by atoms with E-state index in [1.165, 1.54) is 0 Å². The first kappa shape index (κ1) is 15.7. The smallest absolute Gasteiger partial charge is 0.307 e. The number of ether oxygens (including phenoxy) is 1. The molecule has 0 unspecified atom stereocenters. The van der Waals surface area contributed by atoms with Crippen molar-refractivity contribution >= 4 is 11.9 Å². The summed E-state index contributed by atoms with van der Waals surface area (Å²) in [4.78, 5) is 22.6. The van der Waals surface area contributed by atoms with E-state index in [0.29, 0.717) is 6.42 Å². The molecule has 0 aliphatic rings. The van der Waals surface area contributed by atoms with Crippen molar-refractivity contribution in [1.29, 1.82) is 0 Å². The van der Waals surface area contributed by atoms with Gasteiger partial charge >= 0.3 is 11.9 Å². The van der Waals surface area contributed by atoms with Crippen LogP contribution in [0.5, 0.6) is 0 Å². The summed E-state index contributed by atoms with van der Waals surface area (Å²) in [5.41, 5.74) is -0.582. The van der Waals surface area contributed by atoms with E-state index < -0.39 is 23.5 Å². The Hall–Kier alpha value is -1.32. The Kier molecular flexibility index (Phi) is 5.93. The molecule has 0 aromatic carbocycles. The molecule has 0 aliphatic heterocycles. The van der Waals surface area contributed by atoms with Crippen molar-refractivity contribution in [3.05, 3.63) is 12.7 Å². The van der Waals surface area contributed by atoms with Gasteiger partial charge in [-0.2, -0.15) is 0 Å². The topological polar surface area (TPSA) is 63.6 Å². The van der Waals surface area contributed by atoms with Crippen LogP contribution in [0.25, 0.3) is 0 Å². The molecule has 17 heavy (non-hydrogen) atoms. The molecule has 1 N–H and O–H groups in total. The second kappa shape index (κ2) is 6.42. The quantitative estimate of drug-likeness (QED) is 0.574. The molecule has 0 spiro atoms. The first-order chi connectivity index (χ1) is 7.67. The predicted molar refractivity (Wildman–Crippen MR) is 65.6 cm³/mol. The average molecular weight is 242 g/mol. The summed E-state index contributed by atoms with van der Waals surface area (Å²) in [5.74, 6) is -2.29. The molecule has 0 saturated heterocycles. The number of rotatable bonds is 6. The van der Waals surface area contributed by atoms with E-state index in [2.05, 4.69) is 6.58 Å². The van der Waals surface area contributed by atoms with E-state index in [1.807, 2.05) is 0 Å². The molecule has 4 heteroatoms. The van der Waals surface area contributed by atoms with Crippen LogP contribution in [0.4, 0.5) is 0 Å². The van der Waals surface area contributed by atoms with Crippen LogP contribution in [0, 0.1) is 11.8 Å². The molecule has 98 valence electrons. The van der Waals surface area contributed by atoms with E-state index in [-0.39, 0.29) is 12.3 Å². The fourth-order valence-electron chi connectivity index (χ4n) is 1.52. The van der Waals surface area contributed by atoms with Crippen molar-refractivity contribution in [3.63, 3.8) is 0 Å². The van der Waals surface area contributed by atoms with E-state index in [4.69, 9.17) is 9.84 Å². The molecule has 0 radical (unpaired) electrons. The van der Waals surface area contributed by atoms with Crippen LogP contribution in [-0.4, -0.2) is 22.6 Å². The van der Waals surface area contributed by atoms with Gasteiger partial charge in [0.2, 0.25) is 0 Å². The molecule has 0 heterocycles. The number of carbonyl (C=O) groups is 2. The lowest BCUT2D eigenvalue weighted by Crippen LogP contribution is -2.29. The Balaban J connectivity index is 4.50. The van der Waals surface area contributed by atoms with E-state index >= 15 is 0 Å². The Morgan fingerprint density at radius 1 is 1.41 bits per heavy atom. The van der Waals surface area contributed by atoms with Crippen molar-refractivity contribution in [3.8, 4) is 0 Å². The molecule has 2 atom stereocenters. The number of carboxylic acid groups (broad SMARTS) is 1. The van der Waals surface area contributed by atoms with Crippen LogP contribution >= 0.6 is 0 Å². The molecule has 0 aromatic heterocycles. The van der Waals surface area contributed by atoms with Crippen LogP contribution in [0.15, 0.2) is 12.7 Å². The summed E-state index contributed by atoms with van der Waals surface area (Å²) in [7, 11) is 0. The van der Waals surface area contributed by atoms with Gasteiger partial charge in [0.05, 0.1) is 12.3 Å². The summed E-state index contributed by atoms with van der Waals surface area (Å²) in [5, 5.41) is 9.08. The number of hydrogen-bond donors (Lipinski definition) is 1. The summed E-state index contributed by atoms with van der Waals surface area (Å²) in [6, 6.07) is 0. The predicted octanol–water partition coefficient (Wildman–Crippen LogP) is 2.63. The normalized spacial score (nSPS) is 14.8. The molecule has 0 aliphatic carbocycles. The van der Waals surface area contributed by atoms with Crippen LogP contribution in [0.1, 0.15) is 40.5 Å². The molecular weight excluding hydrogens is 220 g/mol. The fraction of sp³-hybridized carbons (Fsp3) is 0.692. The minimum absolute atomic E-state index is 0.0956. The number of carboxylic acids is 1. The van der Waals surface area contributed by atoms with Gasteiger partial charge in [0.1, 0.15) is 5.60 Å². The molecule has 0 saturated carbocycles. The highest BCUT2D eigenvalue weighted by Gasteiger charge is 2.29. The van der Waals surface area contributed by atoms with Crippen molar-refractivity contribution in [2.24, 2.45) is 11.8 Å². The van der Waals surface area contributed by atoms with Gasteiger partial charge in [-0.15, -0.1) is 6.58 Å². The van der Waals surface area contributed by atoms with Crippen molar-refractivity contribution in [2.75, 3.05) is 0 Å². The van der Waals surface area contributed by atoms with Gasteiger partial charge in [0, 0.05) is 0 Å². The lowest BCUT2D eigenvalue weighted by Gasteiger charge is -2.23. The van der Waals surface area contributed by atoms with E-state index in [1.54, 1.807) is 33.8 Å². The summed E-state index contributed by atoms with van der Waals surface area (Å²) in [6.07, 6.45) is 2.14. The monoisotopic (exact) mass is 242 g/mol. The second-order valence-corrected chi connectivity index (χ2v) is 5.24. The highest BCUT2D eigenvalue weighted by molar-refractivity contribution is 5.79. The van der Waals surface area contributed by atoms with Crippen LogP contribution < -0.4 is 0 Å². The zero-order valence-electron chi connectivity index (χ0n) is 11.0. The fourth-order valence-corrected chi connectivity index (χ4v) is 1.52. The van der Waals surface area contributed by atoms with Gasteiger partial charge in [0.15, 0.2) is 0 Å². The lowest BCUT2D eigenvalue weighted by molar-refractivity contribution is -0.160. The van der Waals surface area contributed by atoms with Gasteiger partial charge in [-0.05, 0) is 33.1 Å². The Morgan fingerprint density at radius 3 is 2.29 bits per heavy atom. The van der Waals surface area contributed by atoms with Crippen molar-refractivity contribution in [1.82, 2.24) is 0 Å². The minimum atomic E-state index is -0.967. The van der Waals surface area contributed by atoms with Gasteiger partial charge in [0.25, 0.3) is 0 Å². The number of esters is 1. The molecule has 0 bridgehead atoms. The van der Waals surface area contributed by atoms with Gasteiger partial charge in [-0.25, -0.2) is 0 Å². The number of allylic oxidation sites excluding steroid dienone is 1. The van der Waals surface area contributed by atoms with E-state index in [9.17, 15) is 9.59 Å². The molecular formula is C13H22O4. The van der Waals surface area contributed by atoms with Crippen molar-refractivity contribution in [2.45, 2.75) is 46.1 Å². The lowest BCUT2D eigenvalue weighted by atomic mass is 9.88. The molecule has 0 rings (SSSR count). The zero-order chi connectivity index (χ0) is 13.6. The number of aliphatic carboxylic acids is 1. The third-order valence-corrected chi connectivity index (χ3v) is 2.35. The minimum Gasteiger partial charge on any atom is -0.481 e. The molecule has 0 fully saturated rings. The Bertz CT molecular complexity index is 288. The summed E-state index contributed by atoms with van der Waals surface area (Å²) in [6.45, 7) is 10.6.